The summed E-state index contributed by atoms with van der Waals surface area (Å²) in [7, 11) is 0. The van der Waals surface area contributed by atoms with Crippen LogP contribution in [0.25, 0.3) is 10.9 Å². The van der Waals surface area contributed by atoms with Crippen LogP contribution in [0.15, 0.2) is 10.8 Å². The molecule has 2 aromatic heterocycles. The van der Waals surface area contributed by atoms with Gasteiger partial charge in [0.25, 0.3) is 5.89 Å². The first-order chi connectivity index (χ1) is 6.27. The van der Waals surface area contributed by atoms with Gasteiger partial charge in [-0.3, -0.25) is 0 Å². The molecule has 0 bridgehead atoms. The van der Waals surface area contributed by atoms with Crippen LogP contribution in [0.1, 0.15) is 25.6 Å². The Morgan fingerprint density at radius 3 is 2.85 bits per heavy atom. The normalized spacial score (nSPS) is 11.0. The first kappa shape index (κ1) is 8.31. The topological polar surface area (TPSA) is 64.7 Å². The van der Waals surface area contributed by atoms with Gasteiger partial charge in [-0.05, 0) is 11.5 Å². The fourth-order valence-corrected chi connectivity index (χ4v) is 1.56. The fourth-order valence-electron chi connectivity index (χ4n) is 0.822. The van der Waals surface area contributed by atoms with Crippen LogP contribution >= 0.6 is 11.5 Å². The van der Waals surface area contributed by atoms with Gasteiger partial charge in [-0.15, -0.1) is 10.2 Å². The molecule has 13 heavy (non-hydrogen) atoms. The fraction of sp³-hybridized carbons (Fsp3) is 0.429. The average molecular weight is 196 g/mol. The van der Waals surface area contributed by atoms with E-state index in [2.05, 4.69) is 19.6 Å². The van der Waals surface area contributed by atoms with E-state index in [1.54, 1.807) is 0 Å². The van der Waals surface area contributed by atoms with E-state index >= 15 is 0 Å². The minimum Gasteiger partial charge on any atom is -0.421 e. The summed E-state index contributed by atoms with van der Waals surface area (Å²) < 4.78 is 9.17. The second kappa shape index (κ2) is 3.21. The quantitative estimate of drug-likeness (QED) is 0.731. The molecular weight excluding hydrogens is 188 g/mol. The van der Waals surface area contributed by atoms with Crippen molar-refractivity contribution in [2.45, 2.75) is 19.8 Å². The third-order valence-electron chi connectivity index (χ3n) is 1.50. The van der Waals surface area contributed by atoms with Gasteiger partial charge in [0.1, 0.15) is 5.82 Å². The number of rotatable bonds is 2. The molecule has 0 fully saturated rings. The minimum atomic E-state index is 0.327. The summed E-state index contributed by atoms with van der Waals surface area (Å²) in [4.78, 5) is 4.26. The highest BCUT2D eigenvalue weighted by Crippen LogP contribution is 2.21. The molecule has 0 unspecified atom stereocenters. The molecule has 2 rings (SSSR count). The molecule has 0 atom stereocenters. The Kier molecular flexibility index (Phi) is 2.05. The molecule has 0 aliphatic heterocycles. The maximum atomic E-state index is 5.00. The van der Waals surface area contributed by atoms with Crippen LogP contribution in [0.5, 0.6) is 0 Å². The van der Waals surface area contributed by atoms with E-state index in [0.29, 0.717) is 16.8 Å². The second-order valence-electron chi connectivity index (χ2n) is 2.86. The molecule has 0 spiro atoms. The molecule has 0 amide bonds. The number of nitrogens with zero attached hydrogens (tertiary/aromatic N) is 4. The lowest BCUT2D eigenvalue weighted by atomic mass is 10.2. The Morgan fingerprint density at radius 2 is 2.31 bits per heavy atom. The maximum Gasteiger partial charge on any atom is 0.278 e. The van der Waals surface area contributed by atoms with E-state index in [9.17, 15) is 0 Å². The summed E-state index contributed by atoms with van der Waals surface area (Å²) in [6.45, 7) is 4.08. The summed E-state index contributed by atoms with van der Waals surface area (Å²) in [6, 6.07) is 0. The molecule has 68 valence electrons. The monoisotopic (exact) mass is 196 g/mol. The molecule has 0 N–H and O–H groups in total. The zero-order valence-corrected chi connectivity index (χ0v) is 8.08. The SMILES string of the molecule is CC(C)c1nsc(-c2nnco2)n1. The molecule has 0 saturated heterocycles. The van der Waals surface area contributed by atoms with E-state index in [0.717, 1.165) is 5.82 Å². The second-order valence-corrected chi connectivity index (χ2v) is 3.61. The molecule has 2 heterocycles. The lowest BCUT2D eigenvalue weighted by Crippen LogP contribution is -1.89. The van der Waals surface area contributed by atoms with E-state index < -0.39 is 0 Å². The first-order valence-electron chi connectivity index (χ1n) is 3.87. The van der Waals surface area contributed by atoms with Gasteiger partial charge in [-0.25, -0.2) is 4.98 Å². The van der Waals surface area contributed by atoms with Crippen LogP contribution in [0.4, 0.5) is 0 Å². The summed E-state index contributed by atoms with van der Waals surface area (Å²) in [5, 5.41) is 8.01. The zero-order valence-electron chi connectivity index (χ0n) is 7.26. The van der Waals surface area contributed by atoms with E-state index in [-0.39, 0.29) is 0 Å². The molecule has 0 aromatic carbocycles. The predicted molar refractivity (Wildman–Crippen MR) is 47.3 cm³/mol. The highest BCUT2D eigenvalue weighted by Gasteiger charge is 2.12. The number of aromatic nitrogens is 4. The summed E-state index contributed by atoms with van der Waals surface area (Å²) in [5.74, 6) is 1.58. The smallest absolute Gasteiger partial charge is 0.278 e. The van der Waals surface area contributed by atoms with Crippen LogP contribution in [0.2, 0.25) is 0 Å². The van der Waals surface area contributed by atoms with Crippen molar-refractivity contribution in [3.05, 3.63) is 12.2 Å². The molecule has 6 heteroatoms. The van der Waals surface area contributed by atoms with E-state index in [1.807, 2.05) is 13.8 Å². The molecule has 2 aromatic rings. The molecule has 0 radical (unpaired) electrons. The van der Waals surface area contributed by atoms with Gasteiger partial charge < -0.3 is 4.42 Å². The lowest BCUT2D eigenvalue weighted by Gasteiger charge is -1.93. The van der Waals surface area contributed by atoms with Crippen LogP contribution in [-0.2, 0) is 0 Å². The molecule has 0 saturated carbocycles. The van der Waals surface area contributed by atoms with Crippen LogP contribution in [-0.4, -0.2) is 19.6 Å². The van der Waals surface area contributed by atoms with Crippen molar-refractivity contribution in [2.24, 2.45) is 0 Å². The predicted octanol–water partition coefficient (Wildman–Crippen LogP) is 1.71. The van der Waals surface area contributed by atoms with Crippen LogP contribution in [0.3, 0.4) is 0 Å². The van der Waals surface area contributed by atoms with E-state index in [4.69, 9.17) is 4.42 Å². The number of hydrogen-bond donors (Lipinski definition) is 0. The molecule has 0 aliphatic carbocycles. The van der Waals surface area contributed by atoms with Gasteiger partial charge in [0.15, 0.2) is 0 Å². The summed E-state index contributed by atoms with van der Waals surface area (Å²) in [6.07, 6.45) is 1.28. The Balaban J connectivity index is 2.33. The molecular formula is C7H8N4OS. The molecule has 5 nitrogen and oxygen atoms in total. The van der Waals surface area contributed by atoms with Crippen LogP contribution in [0, 0.1) is 0 Å². The van der Waals surface area contributed by atoms with Crippen molar-refractivity contribution in [3.63, 3.8) is 0 Å². The van der Waals surface area contributed by atoms with Gasteiger partial charge in [-0.2, -0.15) is 4.37 Å². The van der Waals surface area contributed by atoms with Gasteiger partial charge in [0, 0.05) is 5.92 Å². The largest absolute Gasteiger partial charge is 0.421 e. The number of hydrogen-bond acceptors (Lipinski definition) is 6. The van der Waals surface area contributed by atoms with Crippen molar-refractivity contribution < 1.29 is 4.42 Å². The third kappa shape index (κ3) is 1.57. The highest BCUT2D eigenvalue weighted by molar-refractivity contribution is 7.09. The van der Waals surface area contributed by atoms with E-state index in [1.165, 1.54) is 17.9 Å². The van der Waals surface area contributed by atoms with Gasteiger partial charge in [0.05, 0.1) is 0 Å². The first-order valence-corrected chi connectivity index (χ1v) is 4.65. The Labute approximate surface area is 79.0 Å². The highest BCUT2D eigenvalue weighted by atomic mass is 32.1. The van der Waals surface area contributed by atoms with Gasteiger partial charge >= 0.3 is 0 Å². The maximum absolute atomic E-state index is 5.00. The average Bonchev–Trinajstić information content (AvgIpc) is 2.75. The Bertz CT molecular complexity index is 381. The van der Waals surface area contributed by atoms with Crippen LogP contribution < -0.4 is 0 Å². The standard InChI is InChI=1S/C7H8N4OS/c1-4(2)5-9-7(13-11-5)6-10-8-3-12-6/h3-4H,1-2H3. The third-order valence-corrected chi connectivity index (χ3v) is 2.22. The summed E-state index contributed by atoms with van der Waals surface area (Å²) >= 11 is 1.28. The Morgan fingerprint density at radius 1 is 1.46 bits per heavy atom. The Hall–Kier alpha value is -1.30. The molecule has 0 aliphatic rings. The minimum absolute atomic E-state index is 0.327. The van der Waals surface area contributed by atoms with Gasteiger partial charge in [0.2, 0.25) is 11.4 Å². The van der Waals surface area contributed by atoms with Crippen molar-refractivity contribution in [3.8, 4) is 10.9 Å². The zero-order chi connectivity index (χ0) is 9.26. The summed E-state index contributed by atoms with van der Waals surface area (Å²) in [5.41, 5.74) is 0. The van der Waals surface area contributed by atoms with Crippen molar-refractivity contribution >= 4 is 11.5 Å². The van der Waals surface area contributed by atoms with Crippen molar-refractivity contribution in [1.82, 2.24) is 19.6 Å². The van der Waals surface area contributed by atoms with Gasteiger partial charge in [-0.1, -0.05) is 13.8 Å². The lowest BCUT2D eigenvalue weighted by molar-refractivity contribution is 0.567. The van der Waals surface area contributed by atoms with Crippen molar-refractivity contribution in [2.75, 3.05) is 0 Å². The van der Waals surface area contributed by atoms with Crippen molar-refractivity contribution in [1.29, 1.82) is 0 Å².